The van der Waals surface area contributed by atoms with Gasteiger partial charge >= 0.3 is 6.18 Å². The van der Waals surface area contributed by atoms with Crippen molar-refractivity contribution in [2.45, 2.75) is 13.1 Å². The highest BCUT2D eigenvalue weighted by atomic mass is 19.4. The number of rotatable bonds is 4. The Labute approximate surface area is 91.7 Å². The normalized spacial score (nSPS) is 11.2. The lowest BCUT2D eigenvalue weighted by Gasteiger charge is -2.24. The molecule has 0 aromatic heterocycles. The fourth-order valence-electron chi connectivity index (χ4n) is 1.37. The first-order valence-corrected chi connectivity index (χ1v) is 4.83. The fourth-order valence-corrected chi connectivity index (χ4v) is 1.37. The molecule has 16 heavy (non-hydrogen) atoms. The largest absolute Gasteiger partial charge is 0.405 e. The van der Waals surface area contributed by atoms with Crippen LogP contribution in [0.4, 0.5) is 18.9 Å². The molecule has 0 N–H and O–H groups in total. The number of carbonyl (C=O) groups is 1. The predicted octanol–water partition coefficient (Wildman–Crippen LogP) is 2.89. The lowest BCUT2D eigenvalue weighted by Crippen LogP contribution is -2.34. The minimum Gasteiger partial charge on any atom is -0.363 e. The Hall–Kier alpha value is -1.52. The van der Waals surface area contributed by atoms with Crippen molar-refractivity contribution in [3.05, 3.63) is 29.8 Å². The number of nitrogens with zero attached hydrogens (tertiary/aromatic N) is 1. The SMILES string of the molecule is CCN(CC(F)(F)F)c1ccc(C=O)cc1. The molecule has 88 valence electrons. The van der Waals surface area contributed by atoms with E-state index >= 15 is 0 Å². The molecular formula is C11H12F3NO. The van der Waals surface area contributed by atoms with Crippen LogP contribution in [-0.2, 0) is 0 Å². The molecule has 0 bridgehead atoms. The molecule has 0 amide bonds. The molecule has 0 aliphatic heterocycles. The van der Waals surface area contributed by atoms with Crippen molar-refractivity contribution in [2.24, 2.45) is 0 Å². The Morgan fingerprint density at radius 2 is 1.81 bits per heavy atom. The van der Waals surface area contributed by atoms with E-state index in [4.69, 9.17) is 0 Å². The van der Waals surface area contributed by atoms with E-state index in [1.165, 1.54) is 29.2 Å². The molecule has 0 unspecified atom stereocenters. The molecule has 5 heteroatoms. The fraction of sp³-hybridized carbons (Fsp3) is 0.364. The van der Waals surface area contributed by atoms with Crippen molar-refractivity contribution in [3.63, 3.8) is 0 Å². The summed E-state index contributed by atoms with van der Waals surface area (Å²) in [6, 6.07) is 6.03. The topological polar surface area (TPSA) is 20.3 Å². The van der Waals surface area contributed by atoms with E-state index in [9.17, 15) is 18.0 Å². The Morgan fingerprint density at radius 3 is 2.19 bits per heavy atom. The zero-order chi connectivity index (χ0) is 12.2. The van der Waals surface area contributed by atoms with Gasteiger partial charge in [0.2, 0.25) is 0 Å². The zero-order valence-corrected chi connectivity index (χ0v) is 8.79. The predicted molar refractivity (Wildman–Crippen MR) is 55.8 cm³/mol. The Balaban J connectivity index is 2.82. The second-order valence-corrected chi connectivity index (χ2v) is 3.34. The first-order chi connectivity index (χ1) is 7.46. The quantitative estimate of drug-likeness (QED) is 0.742. The molecule has 0 saturated carbocycles. The summed E-state index contributed by atoms with van der Waals surface area (Å²) in [6.45, 7) is 0.934. The van der Waals surface area contributed by atoms with E-state index < -0.39 is 12.7 Å². The maximum atomic E-state index is 12.2. The number of carbonyl (C=O) groups excluding carboxylic acids is 1. The van der Waals surface area contributed by atoms with Gasteiger partial charge in [-0.3, -0.25) is 4.79 Å². The number of aldehydes is 1. The van der Waals surface area contributed by atoms with Gasteiger partial charge in [-0.15, -0.1) is 0 Å². The summed E-state index contributed by atoms with van der Waals surface area (Å²) in [5, 5.41) is 0. The third-order valence-corrected chi connectivity index (χ3v) is 2.15. The zero-order valence-electron chi connectivity index (χ0n) is 8.79. The van der Waals surface area contributed by atoms with Gasteiger partial charge in [-0.25, -0.2) is 0 Å². The summed E-state index contributed by atoms with van der Waals surface area (Å²) in [6.07, 6.45) is -3.57. The van der Waals surface area contributed by atoms with Gasteiger partial charge in [0.25, 0.3) is 0 Å². The molecule has 0 radical (unpaired) electrons. The van der Waals surface area contributed by atoms with E-state index in [2.05, 4.69) is 0 Å². The molecule has 2 nitrogen and oxygen atoms in total. The minimum absolute atomic E-state index is 0.264. The van der Waals surface area contributed by atoms with Crippen LogP contribution < -0.4 is 4.90 Å². The third-order valence-electron chi connectivity index (χ3n) is 2.15. The molecule has 1 aromatic rings. The molecular weight excluding hydrogens is 219 g/mol. The van der Waals surface area contributed by atoms with Crippen LogP contribution in [0.15, 0.2) is 24.3 Å². The van der Waals surface area contributed by atoms with Crippen LogP contribution in [0, 0.1) is 0 Å². The number of hydrogen-bond acceptors (Lipinski definition) is 2. The molecule has 0 spiro atoms. The second-order valence-electron chi connectivity index (χ2n) is 3.34. The molecule has 1 rings (SSSR count). The van der Waals surface area contributed by atoms with Crippen molar-refractivity contribution in [3.8, 4) is 0 Å². The number of halogens is 3. The van der Waals surface area contributed by atoms with E-state index in [-0.39, 0.29) is 6.54 Å². The van der Waals surface area contributed by atoms with Crippen molar-refractivity contribution in [2.75, 3.05) is 18.0 Å². The lowest BCUT2D eigenvalue weighted by atomic mass is 10.2. The van der Waals surface area contributed by atoms with Crippen molar-refractivity contribution < 1.29 is 18.0 Å². The summed E-state index contributed by atoms with van der Waals surface area (Å²) in [4.78, 5) is 11.6. The van der Waals surface area contributed by atoms with Crippen LogP contribution >= 0.6 is 0 Å². The van der Waals surface area contributed by atoms with Gasteiger partial charge in [0.15, 0.2) is 0 Å². The molecule has 0 atom stereocenters. The molecule has 0 heterocycles. The highest BCUT2D eigenvalue weighted by Crippen LogP contribution is 2.21. The molecule has 0 fully saturated rings. The summed E-state index contributed by atoms with van der Waals surface area (Å²) < 4.78 is 36.7. The van der Waals surface area contributed by atoms with Gasteiger partial charge in [-0.1, -0.05) is 0 Å². The number of anilines is 1. The van der Waals surface area contributed by atoms with Gasteiger partial charge in [0.1, 0.15) is 12.8 Å². The summed E-state index contributed by atoms with van der Waals surface area (Å²) in [7, 11) is 0. The first-order valence-electron chi connectivity index (χ1n) is 4.83. The van der Waals surface area contributed by atoms with Crippen molar-refractivity contribution >= 4 is 12.0 Å². The summed E-state index contributed by atoms with van der Waals surface area (Å²) in [5.41, 5.74) is 0.914. The molecule has 0 aliphatic rings. The Kier molecular flexibility index (Phi) is 3.93. The maximum Gasteiger partial charge on any atom is 0.405 e. The van der Waals surface area contributed by atoms with E-state index in [1.807, 2.05) is 0 Å². The van der Waals surface area contributed by atoms with Crippen LogP contribution in [0.1, 0.15) is 17.3 Å². The van der Waals surface area contributed by atoms with E-state index in [1.54, 1.807) is 6.92 Å². The minimum atomic E-state index is -4.22. The van der Waals surface area contributed by atoms with Gasteiger partial charge < -0.3 is 4.90 Å². The lowest BCUT2D eigenvalue weighted by molar-refractivity contribution is -0.119. The first kappa shape index (κ1) is 12.5. The maximum absolute atomic E-state index is 12.2. The smallest absolute Gasteiger partial charge is 0.363 e. The molecule has 0 aliphatic carbocycles. The average Bonchev–Trinajstić information content (AvgIpc) is 2.25. The van der Waals surface area contributed by atoms with Crippen molar-refractivity contribution in [1.29, 1.82) is 0 Å². The van der Waals surface area contributed by atoms with Gasteiger partial charge in [0, 0.05) is 17.8 Å². The van der Waals surface area contributed by atoms with Crippen LogP contribution in [0.2, 0.25) is 0 Å². The third kappa shape index (κ3) is 3.56. The van der Waals surface area contributed by atoms with Crippen LogP contribution in [-0.4, -0.2) is 25.6 Å². The summed E-state index contributed by atoms with van der Waals surface area (Å²) >= 11 is 0. The number of hydrogen-bond donors (Lipinski definition) is 0. The van der Waals surface area contributed by atoms with Crippen LogP contribution in [0.25, 0.3) is 0 Å². The van der Waals surface area contributed by atoms with Crippen molar-refractivity contribution in [1.82, 2.24) is 0 Å². The second kappa shape index (κ2) is 5.01. The van der Waals surface area contributed by atoms with Gasteiger partial charge in [-0.05, 0) is 31.2 Å². The standard InChI is InChI=1S/C11H12F3NO/c1-2-15(8-11(12,13)14)10-5-3-9(7-16)4-6-10/h3-7H,2,8H2,1H3. The molecule has 1 aromatic carbocycles. The van der Waals surface area contributed by atoms with E-state index in [0.717, 1.165) is 0 Å². The highest BCUT2D eigenvalue weighted by Gasteiger charge is 2.30. The van der Waals surface area contributed by atoms with Gasteiger partial charge in [-0.2, -0.15) is 13.2 Å². The number of benzene rings is 1. The van der Waals surface area contributed by atoms with Gasteiger partial charge in [0.05, 0.1) is 0 Å². The monoisotopic (exact) mass is 231 g/mol. The van der Waals surface area contributed by atoms with E-state index in [0.29, 0.717) is 17.5 Å². The Bertz CT molecular complexity index is 345. The Morgan fingerprint density at radius 1 is 1.25 bits per heavy atom. The molecule has 0 saturated heterocycles. The summed E-state index contributed by atoms with van der Waals surface area (Å²) in [5.74, 6) is 0. The van der Waals surface area contributed by atoms with Crippen LogP contribution in [0.5, 0.6) is 0 Å². The number of alkyl halides is 3. The highest BCUT2D eigenvalue weighted by molar-refractivity contribution is 5.75. The van der Waals surface area contributed by atoms with Crippen LogP contribution in [0.3, 0.4) is 0 Å². The average molecular weight is 231 g/mol.